The number of anilines is 1. The van der Waals surface area contributed by atoms with E-state index >= 15 is 0 Å². The first-order valence-electron chi connectivity index (χ1n) is 11.4. The maximum Gasteiger partial charge on any atom is 0.270 e. The lowest BCUT2D eigenvalue weighted by Gasteiger charge is -2.42. The summed E-state index contributed by atoms with van der Waals surface area (Å²) in [6.45, 7) is 5.03. The van der Waals surface area contributed by atoms with E-state index in [-0.39, 0.29) is 28.1 Å². The predicted octanol–water partition coefficient (Wildman–Crippen LogP) is 6.43. The van der Waals surface area contributed by atoms with Crippen LogP contribution in [-0.4, -0.2) is 13.1 Å². The van der Waals surface area contributed by atoms with E-state index in [1.54, 1.807) is 6.07 Å². The first-order chi connectivity index (χ1) is 15.0. The summed E-state index contributed by atoms with van der Waals surface area (Å²) in [5.41, 5.74) is 3.17. The zero-order valence-electron chi connectivity index (χ0n) is 18.7. The summed E-state index contributed by atoms with van der Waals surface area (Å²) in [7, 11) is 0. The number of rotatable bonds is 6. The van der Waals surface area contributed by atoms with Crippen LogP contribution in [0.1, 0.15) is 61.8 Å². The zero-order chi connectivity index (χ0) is 21.8. The molecule has 2 aliphatic rings. The van der Waals surface area contributed by atoms with Gasteiger partial charge in [-0.05, 0) is 55.0 Å². The second-order valence-electron chi connectivity index (χ2n) is 8.85. The first kappa shape index (κ1) is 24.2. The van der Waals surface area contributed by atoms with Gasteiger partial charge in [0, 0.05) is 43.0 Å². The van der Waals surface area contributed by atoms with Crippen LogP contribution in [0.15, 0.2) is 48.5 Å². The Morgan fingerprint density at radius 3 is 2.62 bits per heavy atom. The monoisotopic (exact) mass is 441 g/mol. The molecule has 2 aromatic rings. The highest BCUT2D eigenvalue weighted by Gasteiger charge is 2.39. The fourth-order valence-electron chi connectivity index (χ4n) is 4.83. The van der Waals surface area contributed by atoms with Crippen LogP contribution in [0.4, 0.5) is 19.2 Å². The summed E-state index contributed by atoms with van der Waals surface area (Å²) >= 11 is 0. The maximum atomic E-state index is 14.1. The Labute approximate surface area is 189 Å². The van der Waals surface area contributed by atoms with Crippen LogP contribution >= 0.6 is 0 Å². The van der Waals surface area contributed by atoms with Crippen LogP contribution < -0.4 is 10.6 Å². The van der Waals surface area contributed by atoms with Gasteiger partial charge in [0.2, 0.25) is 0 Å². The highest BCUT2D eigenvalue weighted by atomic mass is 19.3. The van der Waals surface area contributed by atoms with Crippen molar-refractivity contribution in [3.8, 4) is 11.8 Å². The van der Waals surface area contributed by atoms with Gasteiger partial charge >= 0.3 is 0 Å². The highest BCUT2D eigenvalue weighted by Crippen LogP contribution is 2.49. The molecule has 0 saturated heterocycles. The Balaban J connectivity index is 0.00000289. The van der Waals surface area contributed by atoms with Gasteiger partial charge in [0.05, 0.1) is 6.04 Å². The van der Waals surface area contributed by atoms with Crippen molar-refractivity contribution >= 4 is 5.69 Å². The van der Waals surface area contributed by atoms with Crippen molar-refractivity contribution < 1.29 is 13.5 Å². The SMILES string of the molecule is CCCNC[C@@H]1C#C[CH][C@@H]2c3cc(C(C)(F)F)ccc3N[C@@H](c3ccccc3)[C@@H]2CC1.F. The van der Waals surface area contributed by atoms with E-state index in [9.17, 15) is 8.78 Å². The summed E-state index contributed by atoms with van der Waals surface area (Å²) in [6, 6.07) is 15.6. The van der Waals surface area contributed by atoms with E-state index in [2.05, 4.69) is 60.1 Å². The van der Waals surface area contributed by atoms with Crippen molar-refractivity contribution in [2.75, 3.05) is 18.4 Å². The topological polar surface area (TPSA) is 24.1 Å². The van der Waals surface area contributed by atoms with Crippen molar-refractivity contribution in [3.05, 3.63) is 71.6 Å². The van der Waals surface area contributed by atoms with Crippen LogP contribution in [0.5, 0.6) is 0 Å². The van der Waals surface area contributed by atoms with Crippen molar-refractivity contribution in [2.24, 2.45) is 11.8 Å². The van der Waals surface area contributed by atoms with Gasteiger partial charge < -0.3 is 10.6 Å². The minimum Gasteiger partial charge on any atom is -0.378 e. The molecular formula is C27H32F3N2. The number of hydrogen-bond donors (Lipinski definition) is 2. The molecule has 1 heterocycles. The van der Waals surface area contributed by atoms with Crippen molar-refractivity contribution in [2.45, 2.75) is 51.0 Å². The van der Waals surface area contributed by atoms with E-state index in [1.807, 2.05) is 12.1 Å². The van der Waals surface area contributed by atoms with Gasteiger partial charge in [-0.2, -0.15) is 0 Å². The molecule has 0 spiro atoms. The molecule has 0 fully saturated rings. The van der Waals surface area contributed by atoms with E-state index in [0.717, 1.165) is 50.5 Å². The molecule has 4 atom stereocenters. The zero-order valence-corrected chi connectivity index (χ0v) is 18.7. The molecule has 2 nitrogen and oxygen atoms in total. The van der Waals surface area contributed by atoms with E-state index in [1.165, 1.54) is 11.6 Å². The Morgan fingerprint density at radius 1 is 1.12 bits per heavy atom. The number of halogens is 3. The largest absolute Gasteiger partial charge is 0.378 e. The van der Waals surface area contributed by atoms with Crippen LogP contribution in [0, 0.1) is 30.1 Å². The van der Waals surface area contributed by atoms with Gasteiger partial charge in [0.1, 0.15) is 0 Å². The van der Waals surface area contributed by atoms with Crippen LogP contribution in [0.3, 0.4) is 0 Å². The minimum absolute atomic E-state index is 0. The van der Waals surface area contributed by atoms with Crippen molar-refractivity contribution in [3.63, 3.8) is 0 Å². The average molecular weight is 442 g/mol. The summed E-state index contributed by atoms with van der Waals surface area (Å²) in [5, 5.41) is 7.17. The van der Waals surface area contributed by atoms with Crippen molar-refractivity contribution in [1.29, 1.82) is 0 Å². The smallest absolute Gasteiger partial charge is 0.270 e. The summed E-state index contributed by atoms with van der Waals surface area (Å²) < 4.78 is 28.1. The molecule has 32 heavy (non-hydrogen) atoms. The van der Waals surface area contributed by atoms with Crippen LogP contribution in [0.2, 0.25) is 0 Å². The third kappa shape index (κ3) is 5.30. The second kappa shape index (κ2) is 10.4. The molecule has 171 valence electrons. The molecule has 2 N–H and O–H groups in total. The van der Waals surface area contributed by atoms with Crippen molar-refractivity contribution in [1.82, 2.24) is 5.32 Å². The molecule has 2 aromatic carbocycles. The molecule has 1 aliphatic heterocycles. The van der Waals surface area contributed by atoms with Gasteiger partial charge in [-0.25, -0.2) is 8.78 Å². The quantitative estimate of drug-likeness (QED) is 0.398. The lowest BCUT2D eigenvalue weighted by atomic mass is 9.70. The Morgan fingerprint density at radius 2 is 1.91 bits per heavy atom. The number of alkyl halides is 2. The van der Waals surface area contributed by atoms with Gasteiger partial charge in [0.25, 0.3) is 5.92 Å². The fraction of sp³-hybridized carbons (Fsp3) is 0.444. The predicted molar refractivity (Wildman–Crippen MR) is 126 cm³/mol. The van der Waals surface area contributed by atoms with E-state index < -0.39 is 5.92 Å². The maximum absolute atomic E-state index is 14.1. The Hall–Kier alpha value is -2.45. The molecule has 4 rings (SSSR count). The van der Waals surface area contributed by atoms with Crippen LogP contribution in [-0.2, 0) is 5.92 Å². The minimum atomic E-state index is -2.86. The van der Waals surface area contributed by atoms with E-state index in [4.69, 9.17) is 0 Å². The molecule has 0 saturated carbocycles. The summed E-state index contributed by atoms with van der Waals surface area (Å²) in [6.07, 6.45) is 5.16. The van der Waals surface area contributed by atoms with Gasteiger partial charge in [-0.15, -0.1) is 0 Å². The Kier molecular flexibility index (Phi) is 7.90. The van der Waals surface area contributed by atoms with E-state index in [0.29, 0.717) is 5.92 Å². The lowest BCUT2D eigenvalue weighted by molar-refractivity contribution is 0.0173. The lowest BCUT2D eigenvalue weighted by Crippen LogP contribution is -2.34. The Bertz CT molecular complexity index is 943. The number of benzene rings is 2. The fourth-order valence-corrected chi connectivity index (χ4v) is 4.83. The molecular weight excluding hydrogens is 409 g/mol. The second-order valence-corrected chi connectivity index (χ2v) is 8.85. The number of nitrogens with one attached hydrogen (secondary N) is 2. The molecule has 0 bridgehead atoms. The molecule has 0 aromatic heterocycles. The first-order valence-corrected chi connectivity index (χ1v) is 11.4. The molecule has 0 unspecified atom stereocenters. The highest BCUT2D eigenvalue weighted by molar-refractivity contribution is 5.60. The number of fused-ring (bicyclic) bond motifs is 3. The van der Waals surface area contributed by atoms with Gasteiger partial charge in [-0.1, -0.05) is 55.2 Å². The summed E-state index contributed by atoms with van der Waals surface area (Å²) in [4.78, 5) is 0. The van der Waals surface area contributed by atoms with Gasteiger partial charge in [0.15, 0.2) is 0 Å². The average Bonchev–Trinajstić information content (AvgIpc) is 2.74. The summed E-state index contributed by atoms with van der Waals surface area (Å²) in [5.74, 6) is 4.46. The molecule has 1 radical (unpaired) electrons. The molecule has 0 amide bonds. The van der Waals surface area contributed by atoms with Crippen LogP contribution in [0.25, 0.3) is 0 Å². The normalized spacial score (nSPS) is 24.4. The molecule has 5 heteroatoms. The standard InChI is InChI=1S/C27H31F2N2.FH/c1-3-16-30-18-19-8-7-11-22-23(14-12-19)26(20-9-5-4-6-10-20)31-25-15-13-21(17-24(22)25)27(2,28)29;/h4-6,9-11,13,15,17,19,22-23,26,30-31H,3,12,14,16,18H2,1-2H3;1H/t19-,22+,23-,26+;/m1./s1. The van der Waals surface area contributed by atoms with Gasteiger partial charge in [-0.3, -0.25) is 4.70 Å². The number of hydrogen-bond acceptors (Lipinski definition) is 2. The third-order valence-corrected chi connectivity index (χ3v) is 6.49. The third-order valence-electron chi connectivity index (χ3n) is 6.49. The molecule has 1 aliphatic carbocycles.